The lowest BCUT2D eigenvalue weighted by atomic mass is 9.84. The van der Waals surface area contributed by atoms with Crippen molar-refractivity contribution in [1.29, 1.82) is 0 Å². The molecular weight excluding hydrogens is 374 g/mol. The third-order valence-electron chi connectivity index (χ3n) is 6.86. The third-order valence-corrected chi connectivity index (χ3v) is 6.86. The first-order chi connectivity index (χ1) is 14.7. The third kappa shape index (κ3) is 3.27. The number of para-hydroxylation sites is 1. The summed E-state index contributed by atoms with van der Waals surface area (Å²) in [6, 6.07) is 16.6. The van der Waals surface area contributed by atoms with Crippen LogP contribution in [0.1, 0.15) is 22.5 Å². The molecule has 0 amide bonds. The number of methoxy groups -OCH3 is 1. The molecule has 1 aromatic heterocycles. The minimum absolute atomic E-state index is 0.107. The minimum atomic E-state index is 0.107. The van der Waals surface area contributed by atoms with E-state index in [1.807, 2.05) is 18.2 Å². The van der Waals surface area contributed by atoms with Crippen molar-refractivity contribution in [2.24, 2.45) is 13.0 Å². The highest BCUT2D eigenvalue weighted by molar-refractivity contribution is 6.11. The Morgan fingerprint density at radius 3 is 2.47 bits per heavy atom. The summed E-state index contributed by atoms with van der Waals surface area (Å²) in [7, 11) is 3.79. The van der Waals surface area contributed by atoms with Gasteiger partial charge in [0.1, 0.15) is 5.75 Å². The molecular formula is C25H29N3O2. The van der Waals surface area contributed by atoms with Crippen LogP contribution in [0.2, 0.25) is 0 Å². The van der Waals surface area contributed by atoms with E-state index in [2.05, 4.69) is 51.7 Å². The van der Waals surface area contributed by atoms with Crippen LogP contribution in [0.3, 0.4) is 0 Å². The molecule has 3 aromatic rings. The lowest BCUT2D eigenvalue weighted by molar-refractivity contribution is 0.0855. The van der Waals surface area contributed by atoms with E-state index >= 15 is 0 Å². The van der Waals surface area contributed by atoms with E-state index < -0.39 is 0 Å². The maximum absolute atomic E-state index is 13.4. The van der Waals surface area contributed by atoms with Gasteiger partial charge in [0.2, 0.25) is 0 Å². The lowest BCUT2D eigenvalue weighted by Crippen LogP contribution is -2.49. The molecule has 1 aliphatic carbocycles. The van der Waals surface area contributed by atoms with Gasteiger partial charge in [0, 0.05) is 73.5 Å². The first-order valence-electron chi connectivity index (χ1n) is 10.9. The number of benzene rings is 2. The Bertz CT molecular complexity index is 1060. The second kappa shape index (κ2) is 7.80. The summed E-state index contributed by atoms with van der Waals surface area (Å²) in [5.41, 5.74) is 4.59. The monoisotopic (exact) mass is 403 g/mol. The summed E-state index contributed by atoms with van der Waals surface area (Å²) in [5, 5.41) is 1.12. The van der Waals surface area contributed by atoms with Crippen LogP contribution in [0.25, 0.3) is 10.9 Å². The van der Waals surface area contributed by atoms with Gasteiger partial charge in [-0.15, -0.1) is 0 Å². The van der Waals surface area contributed by atoms with Gasteiger partial charge in [-0.2, -0.15) is 0 Å². The normalized spacial score (nSPS) is 19.9. The molecule has 0 bridgehead atoms. The molecule has 30 heavy (non-hydrogen) atoms. The quantitative estimate of drug-likeness (QED) is 0.665. The number of piperazine rings is 1. The lowest BCUT2D eigenvalue weighted by Gasteiger charge is -2.38. The van der Waals surface area contributed by atoms with Gasteiger partial charge < -0.3 is 14.2 Å². The van der Waals surface area contributed by atoms with Gasteiger partial charge in [0.25, 0.3) is 0 Å². The highest BCUT2D eigenvalue weighted by atomic mass is 16.5. The van der Waals surface area contributed by atoms with Crippen molar-refractivity contribution in [1.82, 2.24) is 9.47 Å². The van der Waals surface area contributed by atoms with Gasteiger partial charge >= 0.3 is 0 Å². The topological polar surface area (TPSA) is 37.7 Å². The van der Waals surface area contributed by atoms with Crippen LogP contribution in [0.4, 0.5) is 5.69 Å². The molecule has 2 aliphatic rings. The predicted molar refractivity (Wildman–Crippen MR) is 121 cm³/mol. The zero-order valence-corrected chi connectivity index (χ0v) is 17.8. The number of ketones is 1. The Kier molecular flexibility index (Phi) is 4.99. The smallest absolute Gasteiger partial charge is 0.169 e. The Labute approximate surface area is 177 Å². The van der Waals surface area contributed by atoms with Crippen molar-refractivity contribution >= 4 is 22.4 Å². The minimum Gasteiger partial charge on any atom is -0.497 e. The van der Waals surface area contributed by atoms with Crippen molar-refractivity contribution in [3.63, 3.8) is 0 Å². The number of aromatic nitrogens is 1. The number of hydrogen-bond acceptors (Lipinski definition) is 4. The van der Waals surface area contributed by atoms with Crippen LogP contribution in [0.15, 0.2) is 48.5 Å². The van der Waals surface area contributed by atoms with Gasteiger partial charge in [0.15, 0.2) is 5.78 Å². The maximum atomic E-state index is 13.4. The number of Topliss-reactive ketones (excluding diaryl/α,β-unsaturated/α-hetero) is 1. The van der Waals surface area contributed by atoms with Crippen LogP contribution in [-0.2, 0) is 13.5 Å². The Hall–Kier alpha value is -2.79. The van der Waals surface area contributed by atoms with E-state index in [-0.39, 0.29) is 5.92 Å². The zero-order valence-electron chi connectivity index (χ0n) is 17.8. The number of fused-ring (bicyclic) bond motifs is 3. The summed E-state index contributed by atoms with van der Waals surface area (Å²) in [4.78, 5) is 18.3. The number of aryl methyl sites for hydroxylation is 1. The number of rotatable bonds is 4. The van der Waals surface area contributed by atoms with E-state index in [1.54, 1.807) is 7.11 Å². The average molecular weight is 404 g/mol. The van der Waals surface area contributed by atoms with Crippen LogP contribution < -0.4 is 9.64 Å². The molecule has 2 heterocycles. The average Bonchev–Trinajstić information content (AvgIpc) is 3.09. The van der Waals surface area contributed by atoms with Crippen LogP contribution in [0.5, 0.6) is 5.75 Å². The zero-order chi connectivity index (χ0) is 20.7. The Morgan fingerprint density at radius 1 is 1.00 bits per heavy atom. The molecule has 5 heteroatoms. The fourth-order valence-electron chi connectivity index (χ4n) is 5.13. The van der Waals surface area contributed by atoms with Gasteiger partial charge in [-0.1, -0.05) is 18.2 Å². The van der Waals surface area contributed by atoms with E-state index in [9.17, 15) is 4.79 Å². The maximum Gasteiger partial charge on any atom is 0.169 e. The van der Waals surface area contributed by atoms with Crippen molar-refractivity contribution in [3.8, 4) is 5.75 Å². The first-order valence-corrected chi connectivity index (χ1v) is 10.9. The molecule has 1 unspecified atom stereocenters. The summed E-state index contributed by atoms with van der Waals surface area (Å²) >= 11 is 0. The Balaban J connectivity index is 1.25. The molecule has 1 aliphatic heterocycles. The van der Waals surface area contributed by atoms with Crippen molar-refractivity contribution < 1.29 is 9.53 Å². The number of hydrogen-bond donors (Lipinski definition) is 0. The Morgan fingerprint density at radius 2 is 1.73 bits per heavy atom. The summed E-state index contributed by atoms with van der Waals surface area (Å²) < 4.78 is 7.48. The van der Waals surface area contributed by atoms with Crippen molar-refractivity contribution in [2.45, 2.75) is 12.8 Å². The second-order valence-corrected chi connectivity index (χ2v) is 8.48. The SMILES string of the molecule is COc1ccc(N2CCN(CC3CCc4c(c5ccccc5n4C)C3=O)CC2)cc1. The van der Waals surface area contributed by atoms with Gasteiger partial charge in [-0.3, -0.25) is 9.69 Å². The van der Waals surface area contributed by atoms with Gasteiger partial charge in [0.05, 0.1) is 7.11 Å². The molecule has 1 saturated heterocycles. The van der Waals surface area contributed by atoms with Crippen LogP contribution in [-0.4, -0.2) is 55.1 Å². The molecule has 156 valence electrons. The molecule has 0 N–H and O–H groups in total. The molecule has 0 spiro atoms. The van der Waals surface area contributed by atoms with Gasteiger partial charge in [-0.05, 0) is 43.2 Å². The largest absolute Gasteiger partial charge is 0.497 e. The molecule has 1 atom stereocenters. The standard InChI is InChI=1S/C25H29N3O2/c1-26-22-6-4-3-5-21(22)24-23(26)12-7-18(25(24)29)17-27-13-15-28(16-14-27)19-8-10-20(30-2)11-9-19/h3-6,8-11,18H,7,12-17H2,1-2H3. The van der Waals surface area contributed by atoms with E-state index in [0.717, 1.165) is 62.3 Å². The predicted octanol–water partition coefficient (Wildman–Crippen LogP) is 3.75. The fourth-order valence-corrected chi connectivity index (χ4v) is 5.13. The number of nitrogens with zero attached hydrogens (tertiary/aromatic N) is 3. The summed E-state index contributed by atoms with van der Waals surface area (Å²) in [6.07, 6.45) is 1.94. The second-order valence-electron chi connectivity index (χ2n) is 8.48. The summed E-state index contributed by atoms with van der Waals surface area (Å²) in [6.45, 7) is 4.86. The van der Waals surface area contributed by atoms with Crippen molar-refractivity contribution in [3.05, 3.63) is 59.8 Å². The van der Waals surface area contributed by atoms with E-state index in [4.69, 9.17) is 4.74 Å². The fraction of sp³-hybridized carbons (Fsp3) is 0.400. The number of carbonyl (C=O) groups is 1. The highest BCUT2D eigenvalue weighted by Crippen LogP contribution is 2.34. The summed E-state index contributed by atoms with van der Waals surface area (Å²) in [5.74, 6) is 1.34. The molecule has 5 rings (SSSR count). The van der Waals surface area contributed by atoms with E-state index in [1.165, 1.54) is 16.9 Å². The number of carbonyl (C=O) groups excluding carboxylic acids is 1. The molecule has 5 nitrogen and oxygen atoms in total. The van der Waals surface area contributed by atoms with Crippen molar-refractivity contribution in [2.75, 3.05) is 44.7 Å². The highest BCUT2D eigenvalue weighted by Gasteiger charge is 2.33. The van der Waals surface area contributed by atoms with Crippen LogP contribution in [0, 0.1) is 5.92 Å². The molecule has 0 saturated carbocycles. The number of anilines is 1. The van der Waals surface area contributed by atoms with E-state index in [0.29, 0.717) is 5.78 Å². The van der Waals surface area contributed by atoms with Gasteiger partial charge in [-0.25, -0.2) is 0 Å². The number of ether oxygens (including phenoxy) is 1. The molecule has 0 radical (unpaired) electrons. The van der Waals surface area contributed by atoms with Crippen LogP contribution >= 0.6 is 0 Å². The molecule has 1 fully saturated rings. The first kappa shape index (κ1) is 19.2. The molecule has 2 aromatic carbocycles.